The lowest BCUT2D eigenvalue weighted by Crippen LogP contribution is -2.20. The van der Waals surface area contributed by atoms with Crippen molar-refractivity contribution in [3.63, 3.8) is 0 Å². The van der Waals surface area contributed by atoms with Gasteiger partial charge in [0, 0.05) is 10.1 Å². The maximum Gasteiger partial charge on any atom is 0.0135 e. The van der Waals surface area contributed by atoms with Crippen LogP contribution in [0.25, 0.3) is 10.8 Å². The van der Waals surface area contributed by atoms with E-state index >= 15 is 0 Å². The fourth-order valence-corrected chi connectivity index (χ4v) is 4.26. The molecule has 0 spiro atoms. The molecule has 2 atom stereocenters. The number of thioether (sulfide) groups is 1. The first-order valence-corrected chi connectivity index (χ1v) is 7.60. The van der Waals surface area contributed by atoms with E-state index in [0.29, 0.717) is 5.92 Å². The van der Waals surface area contributed by atoms with Crippen molar-refractivity contribution in [2.24, 2.45) is 11.7 Å². The third-order valence-electron chi connectivity index (χ3n) is 3.90. The van der Waals surface area contributed by atoms with Crippen LogP contribution < -0.4 is 5.73 Å². The number of benzene rings is 2. The number of rotatable bonds is 3. The van der Waals surface area contributed by atoms with Crippen LogP contribution in [0.15, 0.2) is 47.4 Å². The normalized spacial score (nSPS) is 23.6. The van der Waals surface area contributed by atoms with Crippen LogP contribution in [0.5, 0.6) is 0 Å². The van der Waals surface area contributed by atoms with Gasteiger partial charge in [0.05, 0.1) is 0 Å². The maximum atomic E-state index is 5.86. The zero-order chi connectivity index (χ0) is 12.4. The molecule has 0 aromatic heterocycles. The minimum atomic E-state index is 0.710. The van der Waals surface area contributed by atoms with E-state index in [1.807, 2.05) is 11.8 Å². The van der Waals surface area contributed by atoms with Gasteiger partial charge in [-0.25, -0.2) is 0 Å². The lowest BCUT2D eigenvalue weighted by atomic mass is 10.1. The van der Waals surface area contributed by atoms with E-state index in [2.05, 4.69) is 42.5 Å². The SMILES string of the molecule is NCC1CCCC1Sc1ccc2ccccc2c1. The van der Waals surface area contributed by atoms with Crippen molar-refractivity contribution < 1.29 is 0 Å². The molecular weight excluding hydrogens is 238 g/mol. The highest BCUT2D eigenvalue weighted by atomic mass is 32.2. The van der Waals surface area contributed by atoms with E-state index < -0.39 is 0 Å². The largest absolute Gasteiger partial charge is 0.330 e. The molecule has 2 heteroatoms. The molecule has 2 aromatic carbocycles. The highest BCUT2D eigenvalue weighted by molar-refractivity contribution is 8.00. The van der Waals surface area contributed by atoms with Crippen molar-refractivity contribution in [3.8, 4) is 0 Å². The fraction of sp³-hybridized carbons (Fsp3) is 0.375. The van der Waals surface area contributed by atoms with Crippen LogP contribution in [0.3, 0.4) is 0 Å². The van der Waals surface area contributed by atoms with Crippen molar-refractivity contribution >= 4 is 22.5 Å². The Bertz CT molecular complexity index is 537. The fourth-order valence-electron chi connectivity index (χ4n) is 2.84. The standard InChI is InChI=1S/C16H19NS/c17-11-14-6-3-7-16(14)18-15-9-8-12-4-1-2-5-13(12)10-15/h1-2,4-5,8-10,14,16H,3,6-7,11,17H2. The molecule has 0 heterocycles. The van der Waals surface area contributed by atoms with Crippen LogP contribution in [-0.2, 0) is 0 Å². The van der Waals surface area contributed by atoms with Gasteiger partial charge in [-0.15, -0.1) is 11.8 Å². The summed E-state index contributed by atoms with van der Waals surface area (Å²) in [7, 11) is 0. The number of fused-ring (bicyclic) bond motifs is 1. The average Bonchev–Trinajstić information content (AvgIpc) is 2.86. The predicted octanol–water partition coefficient (Wildman–Crippen LogP) is 4.06. The van der Waals surface area contributed by atoms with Crippen molar-refractivity contribution in [1.29, 1.82) is 0 Å². The van der Waals surface area contributed by atoms with Gasteiger partial charge in [0.1, 0.15) is 0 Å². The van der Waals surface area contributed by atoms with E-state index in [9.17, 15) is 0 Å². The molecule has 1 fully saturated rings. The zero-order valence-electron chi connectivity index (χ0n) is 10.5. The van der Waals surface area contributed by atoms with Crippen molar-refractivity contribution in [2.45, 2.75) is 29.4 Å². The summed E-state index contributed by atoms with van der Waals surface area (Å²) in [4.78, 5) is 1.39. The Kier molecular flexibility index (Phi) is 3.57. The third-order valence-corrected chi connectivity index (χ3v) is 5.35. The average molecular weight is 257 g/mol. The summed E-state index contributed by atoms with van der Waals surface area (Å²) in [5.41, 5.74) is 5.86. The van der Waals surface area contributed by atoms with Gasteiger partial charge >= 0.3 is 0 Å². The van der Waals surface area contributed by atoms with E-state index in [4.69, 9.17) is 5.73 Å². The third kappa shape index (κ3) is 2.40. The molecule has 2 unspecified atom stereocenters. The summed E-state index contributed by atoms with van der Waals surface area (Å²) >= 11 is 2.02. The Morgan fingerprint density at radius 3 is 2.72 bits per heavy atom. The lowest BCUT2D eigenvalue weighted by Gasteiger charge is -2.17. The maximum absolute atomic E-state index is 5.86. The van der Waals surface area contributed by atoms with E-state index in [1.165, 1.54) is 34.9 Å². The van der Waals surface area contributed by atoms with E-state index in [1.54, 1.807) is 0 Å². The summed E-state index contributed by atoms with van der Waals surface area (Å²) in [6.07, 6.45) is 3.97. The molecule has 1 nitrogen and oxygen atoms in total. The molecule has 0 amide bonds. The van der Waals surface area contributed by atoms with Gasteiger partial charge in [-0.05, 0) is 48.2 Å². The molecular formula is C16H19NS. The van der Waals surface area contributed by atoms with Crippen LogP contribution in [0.4, 0.5) is 0 Å². The van der Waals surface area contributed by atoms with Gasteiger partial charge < -0.3 is 5.73 Å². The van der Waals surface area contributed by atoms with Crippen LogP contribution in [-0.4, -0.2) is 11.8 Å². The number of hydrogen-bond donors (Lipinski definition) is 1. The topological polar surface area (TPSA) is 26.0 Å². The molecule has 1 aliphatic rings. The summed E-state index contributed by atoms with van der Waals surface area (Å²) in [5, 5.41) is 3.38. The Labute approximate surface area is 113 Å². The molecule has 2 aromatic rings. The monoisotopic (exact) mass is 257 g/mol. The van der Waals surface area contributed by atoms with Gasteiger partial charge in [0.15, 0.2) is 0 Å². The first-order chi connectivity index (χ1) is 8.86. The molecule has 3 rings (SSSR count). The van der Waals surface area contributed by atoms with Crippen LogP contribution in [0.1, 0.15) is 19.3 Å². The molecule has 0 radical (unpaired) electrons. The molecule has 0 saturated heterocycles. The number of hydrogen-bond acceptors (Lipinski definition) is 2. The van der Waals surface area contributed by atoms with Crippen LogP contribution in [0.2, 0.25) is 0 Å². The van der Waals surface area contributed by atoms with Gasteiger partial charge in [-0.2, -0.15) is 0 Å². The Morgan fingerprint density at radius 2 is 1.89 bits per heavy atom. The molecule has 0 aliphatic heterocycles. The second-order valence-corrected chi connectivity index (χ2v) is 6.40. The highest BCUT2D eigenvalue weighted by Gasteiger charge is 2.26. The summed E-state index contributed by atoms with van der Waals surface area (Å²) in [6.45, 7) is 0.839. The molecule has 2 N–H and O–H groups in total. The summed E-state index contributed by atoms with van der Waals surface area (Å²) in [6, 6.07) is 15.3. The van der Waals surface area contributed by atoms with Crippen molar-refractivity contribution in [2.75, 3.05) is 6.54 Å². The minimum absolute atomic E-state index is 0.710. The second-order valence-electron chi connectivity index (χ2n) is 5.09. The van der Waals surface area contributed by atoms with Gasteiger partial charge in [-0.1, -0.05) is 36.8 Å². The predicted molar refractivity (Wildman–Crippen MR) is 80.0 cm³/mol. The van der Waals surface area contributed by atoms with Crippen molar-refractivity contribution in [3.05, 3.63) is 42.5 Å². The quantitative estimate of drug-likeness (QED) is 0.897. The smallest absolute Gasteiger partial charge is 0.0135 e. The first-order valence-electron chi connectivity index (χ1n) is 6.72. The molecule has 1 aliphatic carbocycles. The Hall–Kier alpha value is -0.990. The van der Waals surface area contributed by atoms with E-state index in [0.717, 1.165) is 11.8 Å². The van der Waals surface area contributed by atoms with Crippen LogP contribution >= 0.6 is 11.8 Å². The number of nitrogens with two attached hydrogens (primary N) is 1. The van der Waals surface area contributed by atoms with Crippen LogP contribution in [0, 0.1) is 5.92 Å². The Balaban J connectivity index is 1.82. The first kappa shape index (κ1) is 12.1. The van der Waals surface area contributed by atoms with Gasteiger partial charge in [-0.3, -0.25) is 0 Å². The zero-order valence-corrected chi connectivity index (χ0v) is 11.3. The summed E-state index contributed by atoms with van der Waals surface area (Å²) in [5.74, 6) is 0.710. The second kappa shape index (κ2) is 5.33. The summed E-state index contributed by atoms with van der Waals surface area (Å²) < 4.78 is 0. The lowest BCUT2D eigenvalue weighted by molar-refractivity contribution is 0.573. The minimum Gasteiger partial charge on any atom is -0.330 e. The Morgan fingerprint density at radius 1 is 1.06 bits per heavy atom. The van der Waals surface area contributed by atoms with Gasteiger partial charge in [0.25, 0.3) is 0 Å². The molecule has 94 valence electrons. The van der Waals surface area contributed by atoms with E-state index in [-0.39, 0.29) is 0 Å². The molecule has 1 saturated carbocycles. The molecule has 18 heavy (non-hydrogen) atoms. The van der Waals surface area contributed by atoms with Gasteiger partial charge in [0.2, 0.25) is 0 Å². The highest BCUT2D eigenvalue weighted by Crippen LogP contribution is 2.39. The molecule has 0 bridgehead atoms. The van der Waals surface area contributed by atoms with Crippen molar-refractivity contribution in [1.82, 2.24) is 0 Å².